The van der Waals surface area contributed by atoms with Gasteiger partial charge in [0.2, 0.25) is 15.9 Å². The summed E-state index contributed by atoms with van der Waals surface area (Å²) in [5, 5.41) is 3.32. The third kappa shape index (κ3) is 5.28. The van der Waals surface area contributed by atoms with E-state index in [9.17, 15) is 13.2 Å². The number of halogens is 1. The topological polar surface area (TPSA) is 66.5 Å². The Hall–Kier alpha value is -1.11. The molecule has 156 valence electrons. The molecule has 28 heavy (non-hydrogen) atoms. The fraction of sp³-hybridized carbons (Fsp3) is 0.667. The fourth-order valence-corrected chi connectivity index (χ4v) is 6.64. The van der Waals surface area contributed by atoms with Gasteiger partial charge in [0, 0.05) is 25.0 Å². The summed E-state index contributed by atoms with van der Waals surface area (Å²) < 4.78 is 27.6. The number of nitrogens with one attached hydrogen (secondary N) is 1. The standard InChI is InChI=1S/C21H31ClN2O3S/c22-19-12-6-7-13-20(19)28(26,27)24-16-8-11-18(24)14-15-23-21(25)17-9-4-2-1-3-5-10-17/h6-7,12-13,17-18H,1-5,8-11,14-16H2,(H,23,25). The van der Waals surface area contributed by atoms with Gasteiger partial charge in [-0.15, -0.1) is 0 Å². The molecule has 1 aliphatic heterocycles. The van der Waals surface area contributed by atoms with E-state index < -0.39 is 10.0 Å². The molecule has 0 aromatic heterocycles. The Bertz CT molecular complexity index is 761. The van der Waals surface area contributed by atoms with Crippen molar-refractivity contribution < 1.29 is 13.2 Å². The van der Waals surface area contributed by atoms with Gasteiger partial charge in [-0.2, -0.15) is 4.31 Å². The van der Waals surface area contributed by atoms with Gasteiger partial charge in [-0.05, 0) is 44.2 Å². The molecular formula is C21H31ClN2O3S. The van der Waals surface area contributed by atoms with Crippen LogP contribution in [0, 0.1) is 5.92 Å². The smallest absolute Gasteiger partial charge is 0.244 e. The van der Waals surface area contributed by atoms with E-state index in [1.54, 1.807) is 28.6 Å². The van der Waals surface area contributed by atoms with Crippen LogP contribution in [0.15, 0.2) is 29.2 Å². The molecule has 1 unspecified atom stereocenters. The number of carbonyl (C=O) groups excluding carboxylic acids is 1. The number of sulfonamides is 1. The van der Waals surface area contributed by atoms with Crippen LogP contribution in [0.2, 0.25) is 5.02 Å². The van der Waals surface area contributed by atoms with E-state index in [0.29, 0.717) is 19.5 Å². The summed E-state index contributed by atoms with van der Waals surface area (Å²) in [6.45, 7) is 1.03. The predicted molar refractivity (Wildman–Crippen MR) is 112 cm³/mol. The van der Waals surface area contributed by atoms with Crippen LogP contribution in [0.3, 0.4) is 0 Å². The average Bonchev–Trinajstić information content (AvgIpc) is 3.11. The van der Waals surface area contributed by atoms with E-state index in [-0.39, 0.29) is 27.8 Å². The third-order valence-electron chi connectivity index (χ3n) is 6.00. The monoisotopic (exact) mass is 426 g/mol. The molecule has 1 N–H and O–H groups in total. The van der Waals surface area contributed by atoms with Crippen LogP contribution in [0.5, 0.6) is 0 Å². The van der Waals surface area contributed by atoms with Crippen molar-refractivity contribution in [2.24, 2.45) is 5.92 Å². The number of carbonyl (C=O) groups is 1. The van der Waals surface area contributed by atoms with Gasteiger partial charge in [-0.3, -0.25) is 4.79 Å². The second-order valence-electron chi connectivity index (χ2n) is 7.96. The van der Waals surface area contributed by atoms with Crippen molar-refractivity contribution in [1.29, 1.82) is 0 Å². The Balaban J connectivity index is 1.55. The molecule has 0 bridgehead atoms. The molecular weight excluding hydrogens is 396 g/mol. The van der Waals surface area contributed by atoms with Crippen molar-refractivity contribution in [1.82, 2.24) is 9.62 Å². The lowest BCUT2D eigenvalue weighted by Crippen LogP contribution is -2.39. The highest BCUT2D eigenvalue weighted by molar-refractivity contribution is 7.89. The maximum Gasteiger partial charge on any atom is 0.244 e. The van der Waals surface area contributed by atoms with Crippen LogP contribution in [-0.4, -0.2) is 37.8 Å². The maximum atomic E-state index is 13.0. The molecule has 2 aliphatic rings. The van der Waals surface area contributed by atoms with E-state index >= 15 is 0 Å². The first-order valence-electron chi connectivity index (χ1n) is 10.5. The molecule has 1 aromatic carbocycles. The Morgan fingerprint density at radius 3 is 2.43 bits per heavy atom. The van der Waals surface area contributed by atoms with Gasteiger partial charge >= 0.3 is 0 Å². The molecule has 1 amide bonds. The van der Waals surface area contributed by atoms with E-state index in [2.05, 4.69) is 5.32 Å². The zero-order valence-electron chi connectivity index (χ0n) is 16.4. The van der Waals surface area contributed by atoms with Gasteiger partial charge in [-0.25, -0.2) is 8.42 Å². The number of hydrogen-bond donors (Lipinski definition) is 1. The molecule has 1 atom stereocenters. The molecule has 2 fully saturated rings. The highest BCUT2D eigenvalue weighted by atomic mass is 35.5. The molecule has 1 saturated carbocycles. The number of amides is 1. The zero-order chi connectivity index (χ0) is 20.0. The maximum absolute atomic E-state index is 13.0. The third-order valence-corrected chi connectivity index (χ3v) is 8.45. The predicted octanol–water partition coefficient (Wildman–Crippen LogP) is 4.36. The van der Waals surface area contributed by atoms with Gasteiger partial charge in [0.1, 0.15) is 4.90 Å². The van der Waals surface area contributed by atoms with Crippen LogP contribution >= 0.6 is 11.6 Å². The number of benzene rings is 1. The molecule has 3 rings (SSSR count). The van der Waals surface area contributed by atoms with E-state index in [1.165, 1.54) is 19.3 Å². The Morgan fingerprint density at radius 2 is 1.71 bits per heavy atom. The van der Waals surface area contributed by atoms with Crippen LogP contribution in [-0.2, 0) is 14.8 Å². The van der Waals surface area contributed by atoms with Crippen LogP contribution in [0.4, 0.5) is 0 Å². The minimum atomic E-state index is -3.61. The average molecular weight is 427 g/mol. The van der Waals surface area contributed by atoms with Crippen molar-refractivity contribution in [3.05, 3.63) is 29.3 Å². The Morgan fingerprint density at radius 1 is 1.04 bits per heavy atom. The van der Waals surface area contributed by atoms with Gasteiger partial charge in [-0.1, -0.05) is 55.8 Å². The molecule has 1 saturated heterocycles. The lowest BCUT2D eigenvalue weighted by molar-refractivity contribution is -0.125. The summed E-state index contributed by atoms with van der Waals surface area (Å²) in [5.41, 5.74) is 0. The van der Waals surface area contributed by atoms with E-state index in [0.717, 1.165) is 38.5 Å². The van der Waals surface area contributed by atoms with Gasteiger partial charge < -0.3 is 5.32 Å². The highest BCUT2D eigenvalue weighted by Gasteiger charge is 2.36. The van der Waals surface area contributed by atoms with E-state index in [4.69, 9.17) is 11.6 Å². The molecule has 1 aromatic rings. The number of hydrogen-bond acceptors (Lipinski definition) is 3. The van der Waals surface area contributed by atoms with Crippen molar-refractivity contribution in [3.63, 3.8) is 0 Å². The van der Waals surface area contributed by atoms with Gasteiger partial charge in [0.05, 0.1) is 5.02 Å². The summed E-state index contributed by atoms with van der Waals surface area (Å²) in [6, 6.07) is 6.50. The van der Waals surface area contributed by atoms with Gasteiger partial charge in [0.25, 0.3) is 0 Å². The van der Waals surface area contributed by atoms with Crippen molar-refractivity contribution >= 4 is 27.5 Å². The first kappa shape index (κ1) is 21.6. The van der Waals surface area contributed by atoms with Crippen molar-refractivity contribution in [2.75, 3.05) is 13.1 Å². The SMILES string of the molecule is O=C(NCCC1CCCN1S(=O)(=O)c1ccccc1Cl)C1CCCCCCC1. The minimum absolute atomic E-state index is 0.0843. The number of nitrogens with zero attached hydrogens (tertiary/aromatic N) is 1. The quantitative estimate of drug-likeness (QED) is 0.734. The van der Waals surface area contributed by atoms with E-state index in [1.807, 2.05) is 0 Å². The Labute approximate surface area is 173 Å². The lowest BCUT2D eigenvalue weighted by Gasteiger charge is -2.25. The summed E-state index contributed by atoms with van der Waals surface area (Å²) in [5.74, 6) is 0.257. The summed E-state index contributed by atoms with van der Waals surface area (Å²) in [6.07, 6.45) is 10.2. The first-order chi connectivity index (χ1) is 13.5. The number of rotatable bonds is 6. The van der Waals surface area contributed by atoms with Crippen molar-refractivity contribution in [3.8, 4) is 0 Å². The largest absolute Gasteiger partial charge is 0.356 e. The minimum Gasteiger partial charge on any atom is -0.356 e. The highest BCUT2D eigenvalue weighted by Crippen LogP contribution is 2.31. The molecule has 0 radical (unpaired) electrons. The zero-order valence-corrected chi connectivity index (χ0v) is 18.0. The summed E-state index contributed by atoms with van der Waals surface area (Å²) in [4.78, 5) is 12.7. The van der Waals surface area contributed by atoms with Gasteiger partial charge in [0.15, 0.2) is 0 Å². The fourth-order valence-electron chi connectivity index (χ4n) is 4.42. The molecule has 5 nitrogen and oxygen atoms in total. The van der Waals surface area contributed by atoms with Crippen molar-refractivity contribution in [2.45, 2.75) is 75.1 Å². The molecule has 1 aliphatic carbocycles. The second kappa shape index (κ2) is 10.1. The Kier molecular flexibility index (Phi) is 7.77. The lowest BCUT2D eigenvalue weighted by atomic mass is 9.90. The molecule has 0 spiro atoms. The molecule has 7 heteroatoms. The normalized spacial score (nSPS) is 22.5. The molecule has 1 heterocycles. The van der Waals surface area contributed by atoms with Crippen LogP contribution in [0.25, 0.3) is 0 Å². The first-order valence-corrected chi connectivity index (χ1v) is 12.4. The summed E-state index contributed by atoms with van der Waals surface area (Å²) >= 11 is 6.13. The second-order valence-corrected chi connectivity index (χ2v) is 10.2. The van der Waals surface area contributed by atoms with Crippen LogP contribution < -0.4 is 5.32 Å². The van der Waals surface area contributed by atoms with Crippen LogP contribution in [0.1, 0.15) is 64.2 Å². The summed E-state index contributed by atoms with van der Waals surface area (Å²) in [7, 11) is -3.61.